The molecule has 128 valence electrons. The lowest BCUT2D eigenvalue weighted by atomic mass is 9.66. The Bertz CT molecular complexity index is 736. The van der Waals surface area contributed by atoms with Crippen molar-refractivity contribution in [2.75, 3.05) is 7.11 Å². The maximum absolute atomic E-state index is 12.0. The summed E-state index contributed by atoms with van der Waals surface area (Å²) in [5.41, 5.74) is 1.14. The first-order chi connectivity index (χ1) is 11.2. The number of aromatic amines is 1. The summed E-state index contributed by atoms with van der Waals surface area (Å²) in [5, 5.41) is 1.07. The van der Waals surface area contributed by atoms with E-state index in [4.69, 9.17) is 14.0 Å². The predicted molar refractivity (Wildman–Crippen MR) is 93.8 cm³/mol. The van der Waals surface area contributed by atoms with Gasteiger partial charge in [0, 0.05) is 22.9 Å². The number of hydrogen-bond acceptors (Lipinski definition) is 4. The summed E-state index contributed by atoms with van der Waals surface area (Å²) < 4.78 is 17.3. The molecule has 2 aromatic rings. The maximum atomic E-state index is 12.0. The molecule has 2 heterocycles. The van der Waals surface area contributed by atoms with Crippen molar-refractivity contribution in [3.05, 3.63) is 36.0 Å². The number of carbonyl (C=O) groups is 1. The van der Waals surface area contributed by atoms with Crippen molar-refractivity contribution in [2.45, 2.75) is 51.1 Å². The van der Waals surface area contributed by atoms with Gasteiger partial charge in [0.25, 0.3) is 0 Å². The average molecular weight is 329 g/mol. The molecule has 5 nitrogen and oxygen atoms in total. The second-order valence-electron chi connectivity index (χ2n) is 7.30. The first-order valence-electron chi connectivity index (χ1n) is 8.23. The molecule has 0 radical (unpaired) electrons. The zero-order valence-electron chi connectivity index (χ0n) is 14.9. The molecular formula is C18H24BNO4. The van der Waals surface area contributed by atoms with E-state index in [0.717, 1.165) is 16.5 Å². The number of rotatable bonds is 4. The summed E-state index contributed by atoms with van der Waals surface area (Å²) in [5.74, 6) is -0.519. The molecule has 0 aliphatic carbocycles. The molecule has 3 rings (SSSR count). The molecule has 1 aromatic heterocycles. The number of nitrogens with one attached hydrogen (secondary N) is 1. The van der Waals surface area contributed by atoms with Gasteiger partial charge in [-0.2, -0.15) is 0 Å². The number of para-hydroxylation sites is 1. The minimum Gasteiger partial charge on any atom is -0.469 e. The highest BCUT2D eigenvalue weighted by molar-refractivity contribution is 6.48. The fraction of sp³-hybridized carbons (Fsp3) is 0.500. The molecule has 0 amide bonds. The molecule has 1 aromatic carbocycles. The highest BCUT2D eigenvalue weighted by Gasteiger charge is 2.54. The first-order valence-corrected chi connectivity index (χ1v) is 8.23. The normalized spacial score (nSPS) is 20.3. The maximum Gasteiger partial charge on any atom is 0.466 e. The molecule has 1 N–H and O–H groups in total. The van der Waals surface area contributed by atoms with Gasteiger partial charge in [0.05, 0.1) is 24.7 Å². The van der Waals surface area contributed by atoms with Crippen LogP contribution in [0.4, 0.5) is 0 Å². The summed E-state index contributed by atoms with van der Waals surface area (Å²) in [4.78, 5) is 15.3. The molecule has 0 saturated carbocycles. The molecule has 0 bridgehead atoms. The summed E-state index contributed by atoms with van der Waals surface area (Å²) in [6.07, 6.45) is 2.14. The van der Waals surface area contributed by atoms with Crippen LogP contribution >= 0.6 is 0 Å². The predicted octanol–water partition coefficient (Wildman–Crippen LogP) is 3.45. The Kier molecular flexibility index (Phi) is 4.22. The van der Waals surface area contributed by atoms with Crippen LogP contribution in [0, 0.1) is 0 Å². The number of ether oxygens (including phenoxy) is 1. The third-order valence-electron chi connectivity index (χ3n) is 5.23. The number of fused-ring (bicyclic) bond motifs is 1. The molecule has 6 heteroatoms. The minimum atomic E-state index is -0.506. The second kappa shape index (κ2) is 5.94. The molecule has 1 atom stereocenters. The number of carbonyl (C=O) groups excluding carboxylic acids is 1. The molecule has 1 aliphatic rings. The van der Waals surface area contributed by atoms with Crippen molar-refractivity contribution < 1.29 is 18.8 Å². The van der Waals surface area contributed by atoms with Crippen molar-refractivity contribution in [3.8, 4) is 0 Å². The topological polar surface area (TPSA) is 60.6 Å². The van der Waals surface area contributed by atoms with Gasteiger partial charge < -0.3 is 19.0 Å². The Balaban J connectivity index is 2.00. The van der Waals surface area contributed by atoms with E-state index < -0.39 is 18.3 Å². The van der Waals surface area contributed by atoms with Crippen LogP contribution in [0.1, 0.15) is 45.5 Å². The monoisotopic (exact) mass is 329 g/mol. The van der Waals surface area contributed by atoms with Crippen molar-refractivity contribution >= 4 is 24.0 Å². The van der Waals surface area contributed by atoms with Crippen LogP contribution in [0.5, 0.6) is 0 Å². The number of hydrogen-bond donors (Lipinski definition) is 1. The molecule has 1 fully saturated rings. The van der Waals surface area contributed by atoms with Crippen LogP contribution in [0.2, 0.25) is 0 Å². The quantitative estimate of drug-likeness (QED) is 0.689. The summed E-state index contributed by atoms with van der Waals surface area (Å²) in [6.45, 7) is 8.05. The second-order valence-corrected chi connectivity index (χ2v) is 7.30. The SMILES string of the molecule is COC(=O)CC(B1OC(C)(C)C(C)(C)O1)c1c[nH]c2ccccc12. The minimum absolute atomic E-state index is 0.204. The van der Waals surface area contributed by atoms with Crippen molar-refractivity contribution in [1.29, 1.82) is 0 Å². The van der Waals surface area contributed by atoms with Crippen LogP contribution < -0.4 is 0 Å². The molecule has 0 spiro atoms. The Morgan fingerprint density at radius 1 is 1.21 bits per heavy atom. The Hall–Kier alpha value is -1.79. The van der Waals surface area contributed by atoms with Crippen LogP contribution in [0.15, 0.2) is 30.5 Å². The lowest BCUT2D eigenvalue weighted by Gasteiger charge is -2.32. The van der Waals surface area contributed by atoms with Crippen LogP contribution in [-0.4, -0.2) is 36.4 Å². The van der Waals surface area contributed by atoms with Crippen LogP contribution in [0.25, 0.3) is 10.9 Å². The van der Waals surface area contributed by atoms with Crippen molar-refractivity contribution in [1.82, 2.24) is 4.98 Å². The lowest BCUT2D eigenvalue weighted by Crippen LogP contribution is -2.41. The van der Waals surface area contributed by atoms with Gasteiger partial charge in [-0.3, -0.25) is 4.79 Å². The summed E-state index contributed by atoms with van der Waals surface area (Å²) in [6, 6.07) is 8.01. The molecule has 1 saturated heterocycles. The fourth-order valence-corrected chi connectivity index (χ4v) is 3.07. The molecule has 24 heavy (non-hydrogen) atoms. The van der Waals surface area contributed by atoms with E-state index in [1.165, 1.54) is 7.11 Å². The van der Waals surface area contributed by atoms with Crippen LogP contribution in [0.3, 0.4) is 0 Å². The van der Waals surface area contributed by atoms with E-state index in [1.807, 2.05) is 58.2 Å². The number of methoxy groups -OCH3 is 1. The number of H-pyrrole nitrogens is 1. The fourth-order valence-electron chi connectivity index (χ4n) is 3.07. The third kappa shape index (κ3) is 2.85. The van der Waals surface area contributed by atoms with E-state index in [-0.39, 0.29) is 18.2 Å². The summed E-state index contributed by atoms with van der Waals surface area (Å²) >= 11 is 0. The van der Waals surface area contributed by atoms with Gasteiger partial charge in [0.1, 0.15) is 0 Å². The highest BCUT2D eigenvalue weighted by atomic mass is 16.7. The van der Waals surface area contributed by atoms with Crippen molar-refractivity contribution in [3.63, 3.8) is 0 Å². The smallest absolute Gasteiger partial charge is 0.466 e. The number of aromatic nitrogens is 1. The van der Waals surface area contributed by atoms with Gasteiger partial charge in [-0.05, 0) is 39.3 Å². The van der Waals surface area contributed by atoms with E-state index in [0.29, 0.717) is 0 Å². The summed E-state index contributed by atoms with van der Waals surface area (Å²) in [7, 11) is 0.895. The molecule has 1 aliphatic heterocycles. The lowest BCUT2D eigenvalue weighted by molar-refractivity contribution is -0.140. The third-order valence-corrected chi connectivity index (χ3v) is 5.23. The van der Waals surface area contributed by atoms with Gasteiger partial charge in [-0.1, -0.05) is 18.2 Å². The zero-order valence-corrected chi connectivity index (χ0v) is 14.9. The van der Waals surface area contributed by atoms with E-state index >= 15 is 0 Å². The zero-order chi connectivity index (χ0) is 17.5. The molecule has 1 unspecified atom stereocenters. The van der Waals surface area contributed by atoms with Gasteiger partial charge >= 0.3 is 13.1 Å². The van der Waals surface area contributed by atoms with E-state index in [1.54, 1.807) is 0 Å². The standard InChI is InChI=1S/C18H24BNO4/c1-17(2)18(3,4)24-19(23-17)14(10-16(21)22-5)13-11-20-15-9-7-6-8-12(13)15/h6-9,11,14,20H,10H2,1-5H3. The first kappa shape index (κ1) is 17.1. The van der Waals surface area contributed by atoms with Crippen molar-refractivity contribution in [2.24, 2.45) is 0 Å². The average Bonchev–Trinajstić information content (AvgIpc) is 3.03. The van der Waals surface area contributed by atoms with Gasteiger partial charge in [-0.15, -0.1) is 0 Å². The largest absolute Gasteiger partial charge is 0.469 e. The van der Waals surface area contributed by atoms with Gasteiger partial charge in [-0.25, -0.2) is 0 Å². The van der Waals surface area contributed by atoms with Gasteiger partial charge in [0.2, 0.25) is 0 Å². The van der Waals surface area contributed by atoms with E-state index in [9.17, 15) is 4.79 Å². The Labute approximate surface area is 142 Å². The van der Waals surface area contributed by atoms with E-state index in [2.05, 4.69) is 4.98 Å². The molecular weight excluding hydrogens is 305 g/mol. The number of benzene rings is 1. The number of esters is 1. The Morgan fingerprint density at radius 3 is 2.46 bits per heavy atom. The Morgan fingerprint density at radius 2 is 1.83 bits per heavy atom. The van der Waals surface area contributed by atoms with Gasteiger partial charge in [0.15, 0.2) is 0 Å². The van der Waals surface area contributed by atoms with Crippen LogP contribution in [-0.2, 0) is 18.8 Å². The highest BCUT2D eigenvalue weighted by Crippen LogP contribution is 2.43.